The number of nitrogens with zero attached hydrogens (tertiary/aromatic N) is 1. The van der Waals surface area contributed by atoms with Crippen molar-refractivity contribution in [3.8, 4) is 5.75 Å². The largest absolute Gasteiger partial charge is 0.480 e. The van der Waals surface area contributed by atoms with Crippen LogP contribution in [0.1, 0.15) is 18.1 Å². The smallest absolute Gasteiger partial charge is 0.268 e. The van der Waals surface area contributed by atoms with E-state index >= 15 is 0 Å². The Bertz CT molecular complexity index is 902. The van der Waals surface area contributed by atoms with Crippen LogP contribution in [0.25, 0.3) is 0 Å². The number of fused-ring (bicyclic) bond motifs is 2. The third-order valence-electron chi connectivity index (χ3n) is 4.71. The van der Waals surface area contributed by atoms with E-state index in [4.69, 9.17) is 9.88 Å². The fourth-order valence-electron chi connectivity index (χ4n) is 3.56. The van der Waals surface area contributed by atoms with Crippen LogP contribution in [0.5, 0.6) is 5.75 Å². The molecule has 0 bridgehead atoms. The first-order valence-electron chi connectivity index (χ1n) is 8.01. The first-order valence-corrected chi connectivity index (χ1v) is 10.0. The van der Waals surface area contributed by atoms with Crippen molar-refractivity contribution < 1.29 is 13.7 Å². The van der Waals surface area contributed by atoms with Crippen LogP contribution in [0, 0.1) is 0 Å². The molecule has 0 fully saturated rings. The number of anilines is 1. The summed E-state index contributed by atoms with van der Waals surface area (Å²) in [6.45, 7) is 2.01. The average Bonchev–Trinajstić information content (AvgIpc) is 3.13. The van der Waals surface area contributed by atoms with Crippen molar-refractivity contribution in [2.45, 2.75) is 36.8 Å². The number of ether oxygens (including phenoxy) is 1. The molecule has 5 nitrogen and oxygen atoms in total. The molecule has 0 spiro atoms. The predicted molar refractivity (Wildman–Crippen MR) is 100.0 cm³/mol. The topological polar surface area (TPSA) is 72.6 Å². The number of benzene rings is 2. The van der Waals surface area contributed by atoms with Crippen LogP contribution in [0.3, 0.4) is 0 Å². The second-order valence-electron chi connectivity index (χ2n) is 6.41. The number of hydrogen-bond donors (Lipinski definition) is 1. The van der Waals surface area contributed by atoms with Crippen LogP contribution in [0.4, 0.5) is 5.69 Å². The zero-order chi connectivity index (χ0) is 17.7. The zero-order valence-corrected chi connectivity index (χ0v) is 16.0. The first-order chi connectivity index (χ1) is 11.9. The molecule has 2 heterocycles. The van der Waals surface area contributed by atoms with Gasteiger partial charge in [0.2, 0.25) is 0 Å². The van der Waals surface area contributed by atoms with E-state index in [-0.39, 0.29) is 11.9 Å². The van der Waals surface area contributed by atoms with Crippen molar-refractivity contribution in [3.05, 3.63) is 52.0 Å². The maximum Gasteiger partial charge on any atom is 0.268 e. The highest BCUT2D eigenvalue weighted by atomic mass is 79.9. The quantitative estimate of drug-likeness (QED) is 0.811. The van der Waals surface area contributed by atoms with Gasteiger partial charge in [0.25, 0.3) is 5.91 Å². The number of amides is 1. The minimum Gasteiger partial charge on any atom is -0.480 e. The van der Waals surface area contributed by atoms with Crippen molar-refractivity contribution >= 4 is 38.5 Å². The van der Waals surface area contributed by atoms with Crippen LogP contribution in [-0.4, -0.2) is 22.3 Å². The maximum atomic E-state index is 13.1. The maximum absolute atomic E-state index is 13.1. The summed E-state index contributed by atoms with van der Waals surface area (Å²) in [5, 5.41) is 5.50. The molecule has 2 aromatic carbocycles. The third kappa shape index (κ3) is 2.90. The van der Waals surface area contributed by atoms with Crippen LogP contribution < -0.4 is 14.8 Å². The van der Waals surface area contributed by atoms with Crippen molar-refractivity contribution in [2.24, 2.45) is 5.14 Å². The van der Waals surface area contributed by atoms with Crippen LogP contribution in [0.15, 0.2) is 45.8 Å². The summed E-state index contributed by atoms with van der Waals surface area (Å²) in [6.07, 6.45) is 0.781. The Balaban J connectivity index is 1.64. The molecule has 0 saturated heterocycles. The van der Waals surface area contributed by atoms with Gasteiger partial charge in [0.15, 0.2) is 6.10 Å². The van der Waals surface area contributed by atoms with Crippen molar-refractivity contribution in [2.75, 3.05) is 4.90 Å². The lowest BCUT2D eigenvalue weighted by Crippen LogP contribution is -2.44. The predicted octanol–water partition coefficient (Wildman–Crippen LogP) is 2.71. The molecule has 0 aromatic heterocycles. The van der Waals surface area contributed by atoms with Gasteiger partial charge in [0.05, 0.1) is 4.90 Å². The Hall–Kier alpha value is -1.70. The summed E-state index contributed by atoms with van der Waals surface area (Å²) < 4.78 is 18.4. The van der Waals surface area contributed by atoms with E-state index in [1.54, 1.807) is 17.0 Å². The molecule has 0 aliphatic carbocycles. The molecule has 0 saturated carbocycles. The number of carbonyl (C=O) groups is 1. The van der Waals surface area contributed by atoms with Crippen molar-refractivity contribution in [1.29, 1.82) is 0 Å². The molecule has 4 rings (SSSR count). The minimum absolute atomic E-state index is 0.0306. The number of nitrogens with two attached hydrogens (primary N) is 1. The number of rotatable bonds is 2. The minimum atomic E-state index is -1.57. The van der Waals surface area contributed by atoms with E-state index in [2.05, 4.69) is 15.9 Å². The average molecular weight is 421 g/mol. The van der Waals surface area contributed by atoms with Gasteiger partial charge in [-0.15, -0.1) is 0 Å². The number of carbonyl (C=O) groups excluding carboxylic acids is 1. The summed E-state index contributed by atoms with van der Waals surface area (Å²) in [6, 6.07) is 11.2. The molecule has 1 amide bonds. The summed E-state index contributed by atoms with van der Waals surface area (Å²) in [5.74, 6) is 0.684. The summed E-state index contributed by atoms with van der Waals surface area (Å²) in [7, 11) is -1.57. The number of halogens is 1. The standard InChI is InChI=1S/C18H17BrN2O3S/c1-10-6-11-2-4-14(25(20)23)9-15(11)21(10)18(22)17-8-12-7-13(19)3-5-16(12)24-17/h2-5,7,9-10,17H,6,8,20H2,1H3. The lowest BCUT2D eigenvalue weighted by molar-refractivity contribution is -0.124. The Morgan fingerprint density at radius 2 is 2.04 bits per heavy atom. The Labute approximate surface area is 156 Å². The molecule has 130 valence electrons. The van der Waals surface area contributed by atoms with E-state index in [1.807, 2.05) is 31.2 Å². The van der Waals surface area contributed by atoms with E-state index in [0.717, 1.165) is 33.5 Å². The van der Waals surface area contributed by atoms with Gasteiger partial charge in [0.1, 0.15) is 16.7 Å². The van der Waals surface area contributed by atoms with Crippen LogP contribution in [0.2, 0.25) is 0 Å². The van der Waals surface area contributed by atoms with Gasteiger partial charge in [-0.25, -0.2) is 9.35 Å². The molecule has 7 heteroatoms. The Morgan fingerprint density at radius 1 is 1.24 bits per heavy atom. The van der Waals surface area contributed by atoms with Crippen molar-refractivity contribution in [3.63, 3.8) is 0 Å². The molecule has 2 N–H and O–H groups in total. The first kappa shape index (κ1) is 16.8. The molecular formula is C18H17BrN2O3S. The second kappa shape index (κ2) is 6.23. The van der Waals surface area contributed by atoms with E-state index in [9.17, 15) is 9.00 Å². The molecular weight excluding hydrogens is 404 g/mol. The van der Waals surface area contributed by atoms with Gasteiger partial charge >= 0.3 is 0 Å². The van der Waals surface area contributed by atoms with Gasteiger partial charge in [0, 0.05) is 22.6 Å². The molecule has 3 atom stereocenters. The van der Waals surface area contributed by atoms with Gasteiger partial charge in [-0.3, -0.25) is 4.79 Å². The highest BCUT2D eigenvalue weighted by Gasteiger charge is 2.38. The molecule has 2 aliphatic rings. The fourth-order valence-corrected chi connectivity index (χ4v) is 4.40. The normalized spacial score (nSPS) is 22.3. The van der Waals surface area contributed by atoms with Gasteiger partial charge < -0.3 is 9.64 Å². The molecule has 25 heavy (non-hydrogen) atoms. The Kier molecular flexibility index (Phi) is 4.17. The van der Waals surface area contributed by atoms with Gasteiger partial charge in [-0.1, -0.05) is 22.0 Å². The molecule has 0 radical (unpaired) electrons. The van der Waals surface area contributed by atoms with E-state index in [1.165, 1.54) is 0 Å². The molecule has 2 aromatic rings. The van der Waals surface area contributed by atoms with E-state index < -0.39 is 17.1 Å². The highest BCUT2D eigenvalue weighted by Crippen LogP contribution is 2.37. The van der Waals surface area contributed by atoms with Gasteiger partial charge in [-0.05, 0) is 54.8 Å². The van der Waals surface area contributed by atoms with Crippen LogP contribution in [-0.2, 0) is 28.6 Å². The van der Waals surface area contributed by atoms with E-state index in [0.29, 0.717) is 11.3 Å². The lowest BCUT2D eigenvalue weighted by atomic mass is 10.1. The SMILES string of the molecule is CC1Cc2ccc(S(N)=O)cc2N1C(=O)C1Cc2cc(Br)ccc2O1. The monoisotopic (exact) mass is 420 g/mol. The highest BCUT2D eigenvalue weighted by molar-refractivity contribution is 9.10. The fraction of sp³-hybridized carbons (Fsp3) is 0.278. The summed E-state index contributed by atoms with van der Waals surface area (Å²) in [5.41, 5.74) is 2.87. The van der Waals surface area contributed by atoms with Crippen molar-refractivity contribution in [1.82, 2.24) is 0 Å². The summed E-state index contributed by atoms with van der Waals surface area (Å²) in [4.78, 5) is 15.4. The van der Waals surface area contributed by atoms with Gasteiger partial charge in [-0.2, -0.15) is 0 Å². The van der Waals surface area contributed by atoms with Crippen LogP contribution >= 0.6 is 15.9 Å². The summed E-state index contributed by atoms with van der Waals surface area (Å²) >= 11 is 3.45. The Morgan fingerprint density at radius 3 is 2.80 bits per heavy atom. The number of hydrogen-bond acceptors (Lipinski definition) is 3. The lowest BCUT2D eigenvalue weighted by Gasteiger charge is -2.25. The molecule has 3 unspecified atom stereocenters. The third-order valence-corrected chi connectivity index (χ3v) is 5.93. The second-order valence-corrected chi connectivity index (χ2v) is 8.39. The molecule has 2 aliphatic heterocycles. The zero-order valence-electron chi connectivity index (χ0n) is 13.6.